The van der Waals surface area contributed by atoms with Crippen LogP contribution in [0.3, 0.4) is 0 Å². The molecule has 0 rings (SSSR count). The second-order valence-corrected chi connectivity index (χ2v) is 29.9. The first-order valence-electron chi connectivity index (χ1n) is 39.3. The Bertz CT molecular complexity index is 1790. The zero-order valence-corrected chi connectivity index (χ0v) is 62.7. The van der Waals surface area contributed by atoms with Crippen LogP contribution in [-0.4, -0.2) is 96.7 Å². The molecule has 2 unspecified atom stereocenters. The molecule has 19 heteroatoms. The number of hydrogen-bond donors (Lipinski definition) is 3. The number of aliphatic hydroxyl groups excluding tert-OH is 1. The monoisotopic (exact) mass is 1380 g/mol. The normalized spacial score (nSPS) is 13.9. The van der Waals surface area contributed by atoms with Gasteiger partial charge in [0.15, 0.2) is 12.2 Å². The van der Waals surface area contributed by atoms with Gasteiger partial charge in [0.1, 0.15) is 19.3 Å². The first kappa shape index (κ1) is 92.1. The van der Waals surface area contributed by atoms with Gasteiger partial charge in [0.25, 0.3) is 0 Å². The Morgan fingerprint density at radius 2 is 0.426 bits per heavy atom. The summed E-state index contributed by atoms with van der Waals surface area (Å²) >= 11 is 0. The molecular formula is C75H146O17P2. The van der Waals surface area contributed by atoms with Crippen LogP contribution in [0.2, 0.25) is 0 Å². The van der Waals surface area contributed by atoms with Gasteiger partial charge in [-0.05, 0) is 25.7 Å². The van der Waals surface area contributed by atoms with Crippen molar-refractivity contribution in [2.75, 3.05) is 39.6 Å². The van der Waals surface area contributed by atoms with Crippen molar-refractivity contribution in [1.82, 2.24) is 0 Å². The molecule has 17 nitrogen and oxygen atoms in total. The number of phosphoric ester groups is 2. The summed E-state index contributed by atoms with van der Waals surface area (Å²) in [4.78, 5) is 72.8. The Morgan fingerprint density at radius 3 is 0.628 bits per heavy atom. The molecule has 0 aromatic carbocycles. The number of carbonyl (C=O) groups is 4. The number of unbranched alkanes of at least 4 members (excludes halogenated alkanes) is 50. The lowest BCUT2D eigenvalue weighted by Gasteiger charge is -2.21. The molecule has 0 aliphatic carbocycles. The maximum absolute atomic E-state index is 13.1. The highest BCUT2D eigenvalue weighted by molar-refractivity contribution is 7.47. The lowest BCUT2D eigenvalue weighted by atomic mass is 10.0. The van der Waals surface area contributed by atoms with E-state index >= 15 is 0 Å². The van der Waals surface area contributed by atoms with Gasteiger partial charge in [-0.25, -0.2) is 9.13 Å². The van der Waals surface area contributed by atoms with Crippen LogP contribution in [0, 0.1) is 0 Å². The first-order valence-corrected chi connectivity index (χ1v) is 42.3. The van der Waals surface area contributed by atoms with Crippen LogP contribution in [0.25, 0.3) is 0 Å². The fourth-order valence-corrected chi connectivity index (χ4v) is 13.2. The maximum Gasteiger partial charge on any atom is 0.472 e. The minimum atomic E-state index is -4.95. The van der Waals surface area contributed by atoms with E-state index in [9.17, 15) is 43.2 Å². The molecule has 0 spiro atoms. The number of aliphatic hydroxyl groups is 1. The number of phosphoric acid groups is 2. The molecular weight excluding hydrogens is 1230 g/mol. The lowest BCUT2D eigenvalue weighted by Crippen LogP contribution is -2.30. The van der Waals surface area contributed by atoms with Gasteiger partial charge in [-0.3, -0.25) is 37.3 Å². The maximum atomic E-state index is 13.1. The molecule has 0 aliphatic rings. The minimum absolute atomic E-state index is 0.109. The molecule has 0 saturated carbocycles. The predicted octanol–water partition coefficient (Wildman–Crippen LogP) is 22.2. The van der Waals surface area contributed by atoms with Gasteiger partial charge >= 0.3 is 39.5 Å². The zero-order chi connectivity index (χ0) is 69.0. The molecule has 0 saturated heterocycles. The number of esters is 4. The summed E-state index contributed by atoms with van der Waals surface area (Å²) in [5, 5.41) is 10.6. The molecule has 0 heterocycles. The van der Waals surface area contributed by atoms with Gasteiger partial charge in [0, 0.05) is 25.7 Å². The van der Waals surface area contributed by atoms with Gasteiger partial charge in [-0.1, -0.05) is 349 Å². The molecule has 0 amide bonds. The summed E-state index contributed by atoms with van der Waals surface area (Å²) in [7, 11) is -9.91. The van der Waals surface area contributed by atoms with E-state index in [0.717, 1.165) is 89.9 Å². The third kappa shape index (κ3) is 68.6. The Hall–Kier alpha value is -1.94. The Morgan fingerprint density at radius 1 is 0.255 bits per heavy atom. The Balaban J connectivity index is 5.24. The Labute approximate surface area is 575 Å². The molecule has 94 heavy (non-hydrogen) atoms. The van der Waals surface area contributed by atoms with Gasteiger partial charge in [0.05, 0.1) is 26.4 Å². The highest BCUT2D eigenvalue weighted by Crippen LogP contribution is 2.45. The van der Waals surface area contributed by atoms with Gasteiger partial charge in [0.2, 0.25) is 0 Å². The number of carbonyl (C=O) groups excluding carboxylic acids is 4. The highest BCUT2D eigenvalue weighted by atomic mass is 31.2. The van der Waals surface area contributed by atoms with E-state index in [0.29, 0.717) is 25.7 Å². The van der Waals surface area contributed by atoms with Crippen molar-refractivity contribution < 1.29 is 80.2 Å². The number of ether oxygens (including phenoxy) is 4. The number of hydrogen-bond acceptors (Lipinski definition) is 15. The van der Waals surface area contributed by atoms with Crippen molar-refractivity contribution in [2.24, 2.45) is 0 Å². The lowest BCUT2D eigenvalue weighted by molar-refractivity contribution is -0.161. The van der Waals surface area contributed by atoms with Crippen LogP contribution in [0.4, 0.5) is 0 Å². The van der Waals surface area contributed by atoms with Crippen molar-refractivity contribution in [1.29, 1.82) is 0 Å². The topological polar surface area (TPSA) is 237 Å². The fourth-order valence-electron chi connectivity index (χ4n) is 11.6. The SMILES string of the molecule is CCCCCCCCCCCCCCCCCC(=O)OC[C@H](COP(=O)(O)OC[C@H](O)COP(=O)(O)OC[C@@H](COC(=O)CCCCCCCCCCCCC)OC(=O)CCCCCCCCCCCCCCCCC)OC(=O)CCCCCCCCCCCCCCC. The van der Waals surface area contributed by atoms with Crippen LogP contribution in [-0.2, 0) is 65.4 Å². The second-order valence-electron chi connectivity index (χ2n) is 27.0. The third-order valence-electron chi connectivity index (χ3n) is 17.6. The van der Waals surface area contributed by atoms with Crippen LogP contribution < -0.4 is 0 Å². The molecule has 0 aromatic heterocycles. The summed E-state index contributed by atoms with van der Waals surface area (Å²) in [6, 6.07) is 0. The third-order valence-corrected chi connectivity index (χ3v) is 19.5. The van der Waals surface area contributed by atoms with E-state index in [1.807, 2.05) is 0 Å². The molecule has 5 atom stereocenters. The summed E-state index contributed by atoms with van der Waals surface area (Å²) in [5.74, 6) is -2.11. The standard InChI is InChI=1S/C75H146O17P2/c1-5-9-13-17-21-25-29-32-34-37-40-44-48-52-56-60-73(78)86-66-71(91-74(79)61-57-53-49-45-41-36-31-27-23-19-15-11-7-3)68-90-94(83,84)88-64-69(76)63-87-93(81,82)89-67-70(65-85-72(77)59-55-51-47-43-39-28-24-20-16-12-8-4)92-75(80)62-58-54-50-46-42-38-35-33-30-26-22-18-14-10-6-2/h69-71,76H,5-68H2,1-4H3,(H,81,82)(H,83,84)/t69-,70-,71-/m1/s1. The van der Waals surface area contributed by atoms with Crippen molar-refractivity contribution in [3.05, 3.63) is 0 Å². The average molecular weight is 1380 g/mol. The van der Waals surface area contributed by atoms with Crippen LogP contribution >= 0.6 is 15.6 Å². The molecule has 558 valence electrons. The van der Waals surface area contributed by atoms with Gasteiger partial charge in [-0.15, -0.1) is 0 Å². The summed E-state index contributed by atoms with van der Waals surface area (Å²) in [6.07, 6.45) is 59.4. The smallest absolute Gasteiger partial charge is 0.462 e. The molecule has 0 aromatic rings. The fraction of sp³-hybridized carbons (Fsp3) is 0.947. The van der Waals surface area contributed by atoms with Crippen LogP contribution in [0.1, 0.15) is 400 Å². The second kappa shape index (κ2) is 69.5. The molecule has 0 radical (unpaired) electrons. The summed E-state index contributed by atoms with van der Waals surface area (Å²) in [5.41, 5.74) is 0. The van der Waals surface area contributed by atoms with E-state index in [-0.39, 0.29) is 25.7 Å². The summed E-state index contributed by atoms with van der Waals surface area (Å²) in [6.45, 7) is 4.99. The van der Waals surface area contributed by atoms with E-state index in [1.54, 1.807) is 0 Å². The molecule has 0 fully saturated rings. The average Bonchev–Trinajstić information content (AvgIpc) is 1.93. The Kier molecular flexibility index (Phi) is 68.1. The van der Waals surface area contributed by atoms with Crippen molar-refractivity contribution in [3.63, 3.8) is 0 Å². The molecule has 0 aliphatic heterocycles. The molecule has 0 bridgehead atoms. The minimum Gasteiger partial charge on any atom is -0.462 e. The van der Waals surface area contributed by atoms with Crippen molar-refractivity contribution >= 4 is 39.5 Å². The van der Waals surface area contributed by atoms with Crippen molar-refractivity contribution in [3.8, 4) is 0 Å². The van der Waals surface area contributed by atoms with E-state index in [1.165, 1.54) is 231 Å². The largest absolute Gasteiger partial charge is 0.472 e. The predicted molar refractivity (Wildman–Crippen MR) is 382 cm³/mol. The van der Waals surface area contributed by atoms with Gasteiger partial charge in [-0.2, -0.15) is 0 Å². The van der Waals surface area contributed by atoms with Crippen LogP contribution in [0.15, 0.2) is 0 Å². The highest BCUT2D eigenvalue weighted by Gasteiger charge is 2.30. The number of rotatable bonds is 76. The summed E-state index contributed by atoms with van der Waals surface area (Å²) < 4.78 is 68.5. The van der Waals surface area contributed by atoms with Gasteiger partial charge < -0.3 is 33.8 Å². The van der Waals surface area contributed by atoms with Crippen LogP contribution in [0.5, 0.6) is 0 Å². The van der Waals surface area contributed by atoms with E-state index < -0.39 is 97.5 Å². The molecule has 3 N–H and O–H groups in total. The van der Waals surface area contributed by atoms with E-state index in [2.05, 4.69) is 27.7 Å². The van der Waals surface area contributed by atoms with Crippen molar-refractivity contribution in [2.45, 2.75) is 418 Å². The van der Waals surface area contributed by atoms with E-state index in [4.69, 9.17) is 37.0 Å². The zero-order valence-electron chi connectivity index (χ0n) is 60.9. The first-order chi connectivity index (χ1) is 45.7. The quantitative estimate of drug-likeness (QED) is 0.0222.